The summed E-state index contributed by atoms with van der Waals surface area (Å²) in [5.74, 6) is 0.257. The van der Waals surface area contributed by atoms with Crippen LogP contribution in [0.3, 0.4) is 0 Å². The summed E-state index contributed by atoms with van der Waals surface area (Å²) in [6.45, 7) is 3.86. The molecular weight excluding hydrogens is 474 g/mol. The zero-order valence-corrected chi connectivity index (χ0v) is 20.2. The van der Waals surface area contributed by atoms with Gasteiger partial charge in [0.05, 0.1) is 10.6 Å². The Labute approximate surface area is 212 Å². The van der Waals surface area contributed by atoms with Crippen molar-refractivity contribution in [3.05, 3.63) is 99.0 Å². The van der Waals surface area contributed by atoms with Crippen LogP contribution in [0.25, 0.3) is 17.1 Å². The number of nitro groups is 1. The highest BCUT2D eigenvalue weighted by molar-refractivity contribution is 5.76. The van der Waals surface area contributed by atoms with Crippen molar-refractivity contribution in [1.82, 2.24) is 24.5 Å². The number of amides is 1. The SMILES string of the molecule is Cc1cc(-c2ccccc2)nn1-c1ccc(=O)n(CC(=O)N2CCN(c3ccc([N+](=O)[O-])cc3)CC2)n1. The van der Waals surface area contributed by atoms with Crippen LogP contribution in [0.15, 0.2) is 77.6 Å². The molecule has 1 aliphatic heterocycles. The molecule has 2 aromatic carbocycles. The Hall–Kier alpha value is -4.80. The number of nitro benzene ring substituents is 1. The van der Waals surface area contributed by atoms with Gasteiger partial charge in [-0.2, -0.15) is 5.10 Å². The molecule has 0 unspecified atom stereocenters. The van der Waals surface area contributed by atoms with Gasteiger partial charge in [-0.3, -0.25) is 19.7 Å². The summed E-state index contributed by atoms with van der Waals surface area (Å²) < 4.78 is 2.83. The third-order valence-corrected chi connectivity index (χ3v) is 6.37. The van der Waals surface area contributed by atoms with Gasteiger partial charge in [-0.05, 0) is 31.2 Å². The molecular formula is C26H25N7O4. The lowest BCUT2D eigenvalue weighted by molar-refractivity contribution is -0.384. The number of nitrogens with zero attached hydrogens (tertiary/aromatic N) is 7. The van der Waals surface area contributed by atoms with Gasteiger partial charge in [-0.1, -0.05) is 30.3 Å². The minimum atomic E-state index is -0.429. The van der Waals surface area contributed by atoms with E-state index in [9.17, 15) is 19.7 Å². The van der Waals surface area contributed by atoms with Crippen LogP contribution in [0.2, 0.25) is 0 Å². The van der Waals surface area contributed by atoms with E-state index in [1.165, 1.54) is 22.9 Å². The number of hydrogen-bond donors (Lipinski definition) is 0. The Morgan fingerprint density at radius 2 is 1.65 bits per heavy atom. The number of hydrogen-bond acceptors (Lipinski definition) is 7. The van der Waals surface area contributed by atoms with Gasteiger partial charge in [0.2, 0.25) is 5.91 Å². The molecule has 0 saturated carbocycles. The number of benzene rings is 2. The van der Waals surface area contributed by atoms with Crippen LogP contribution in [-0.4, -0.2) is 61.5 Å². The maximum atomic E-state index is 13.0. The second kappa shape index (κ2) is 10.1. The molecule has 1 amide bonds. The lowest BCUT2D eigenvalue weighted by Crippen LogP contribution is -2.50. The average molecular weight is 500 g/mol. The molecule has 0 spiro atoms. The normalized spacial score (nSPS) is 13.5. The molecule has 0 bridgehead atoms. The van der Waals surface area contributed by atoms with Gasteiger partial charge < -0.3 is 9.80 Å². The van der Waals surface area contributed by atoms with Crippen molar-refractivity contribution in [1.29, 1.82) is 0 Å². The van der Waals surface area contributed by atoms with Gasteiger partial charge in [0.1, 0.15) is 6.54 Å². The molecule has 1 saturated heterocycles. The van der Waals surface area contributed by atoms with Gasteiger partial charge in [-0.15, -0.1) is 5.10 Å². The second-order valence-electron chi connectivity index (χ2n) is 8.78. The molecule has 0 radical (unpaired) electrons. The number of non-ortho nitro benzene ring substituents is 1. The zero-order chi connectivity index (χ0) is 25.9. The van der Waals surface area contributed by atoms with E-state index in [2.05, 4.69) is 15.1 Å². The number of carbonyl (C=O) groups is 1. The predicted molar refractivity (Wildman–Crippen MR) is 138 cm³/mol. The van der Waals surface area contributed by atoms with Crippen LogP contribution in [0.5, 0.6) is 0 Å². The minimum Gasteiger partial charge on any atom is -0.368 e. The molecule has 37 heavy (non-hydrogen) atoms. The molecule has 5 rings (SSSR count). The van der Waals surface area contributed by atoms with E-state index in [1.807, 2.05) is 43.3 Å². The average Bonchev–Trinajstić information content (AvgIpc) is 3.32. The summed E-state index contributed by atoms with van der Waals surface area (Å²) in [5, 5.41) is 19.9. The largest absolute Gasteiger partial charge is 0.368 e. The van der Waals surface area contributed by atoms with E-state index < -0.39 is 4.92 Å². The van der Waals surface area contributed by atoms with Crippen LogP contribution in [-0.2, 0) is 11.3 Å². The summed E-state index contributed by atoms with van der Waals surface area (Å²) in [4.78, 5) is 39.7. The maximum absolute atomic E-state index is 13.0. The second-order valence-corrected chi connectivity index (χ2v) is 8.78. The summed E-state index contributed by atoms with van der Waals surface area (Å²) in [7, 11) is 0. The summed E-state index contributed by atoms with van der Waals surface area (Å²) in [6, 6.07) is 21.1. The zero-order valence-electron chi connectivity index (χ0n) is 20.2. The highest BCUT2D eigenvalue weighted by Gasteiger charge is 2.23. The first-order valence-electron chi connectivity index (χ1n) is 11.9. The molecule has 3 heterocycles. The smallest absolute Gasteiger partial charge is 0.269 e. The Bertz CT molecular complexity index is 1490. The molecule has 1 fully saturated rings. The van der Waals surface area contributed by atoms with Crippen LogP contribution < -0.4 is 10.5 Å². The van der Waals surface area contributed by atoms with Crippen molar-refractivity contribution in [3.63, 3.8) is 0 Å². The number of piperazine rings is 1. The first kappa shape index (κ1) is 23.9. The third kappa shape index (κ3) is 5.10. The van der Waals surface area contributed by atoms with E-state index in [-0.39, 0.29) is 23.7 Å². The molecule has 0 aliphatic carbocycles. The summed E-state index contributed by atoms with van der Waals surface area (Å²) in [5.41, 5.74) is 3.16. The number of rotatable bonds is 6. The quantitative estimate of drug-likeness (QED) is 0.295. The fourth-order valence-electron chi connectivity index (χ4n) is 4.35. The van der Waals surface area contributed by atoms with Gasteiger partial charge >= 0.3 is 0 Å². The topological polar surface area (TPSA) is 119 Å². The van der Waals surface area contributed by atoms with E-state index >= 15 is 0 Å². The van der Waals surface area contributed by atoms with Crippen molar-refractivity contribution in [3.8, 4) is 17.1 Å². The lowest BCUT2D eigenvalue weighted by Gasteiger charge is -2.36. The molecule has 4 aromatic rings. The summed E-state index contributed by atoms with van der Waals surface area (Å²) in [6.07, 6.45) is 0. The summed E-state index contributed by atoms with van der Waals surface area (Å²) >= 11 is 0. The highest BCUT2D eigenvalue weighted by Crippen LogP contribution is 2.21. The monoisotopic (exact) mass is 499 g/mol. The Morgan fingerprint density at radius 3 is 2.32 bits per heavy atom. The fraction of sp³-hybridized carbons (Fsp3) is 0.231. The van der Waals surface area contributed by atoms with Crippen molar-refractivity contribution < 1.29 is 9.72 Å². The van der Waals surface area contributed by atoms with Crippen molar-refractivity contribution in [2.24, 2.45) is 0 Å². The fourth-order valence-corrected chi connectivity index (χ4v) is 4.35. The molecule has 1 aliphatic rings. The van der Waals surface area contributed by atoms with Crippen LogP contribution in [0.4, 0.5) is 11.4 Å². The van der Waals surface area contributed by atoms with Gasteiger partial charge in [0, 0.05) is 61.3 Å². The standard InChI is InChI=1S/C26H25N7O4/c1-19-17-23(20-5-3-2-4-6-20)27-32(19)24-11-12-25(34)31(28-24)18-26(35)30-15-13-29(14-16-30)21-7-9-22(10-8-21)33(36)37/h2-12,17H,13-16,18H2,1H3. The van der Waals surface area contributed by atoms with Gasteiger partial charge in [-0.25, -0.2) is 9.36 Å². The molecule has 2 aromatic heterocycles. The van der Waals surface area contributed by atoms with E-state index in [0.717, 1.165) is 22.6 Å². The molecule has 11 heteroatoms. The Morgan fingerprint density at radius 1 is 0.946 bits per heavy atom. The molecule has 11 nitrogen and oxygen atoms in total. The van der Waals surface area contributed by atoms with Gasteiger partial charge in [0.25, 0.3) is 11.2 Å². The highest BCUT2D eigenvalue weighted by atomic mass is 16.6. The number of carbonyl (C=O) groups excluding carboxylic acids is 1. The Kier molecular flexibility index (Phi) is 6.50. The van der Waals surface area contributed by atoms with Crippen molar-refractivity contribution in [2.75, 3.05) is 31.1 Å². The van der Waals surface area contributed by atoms with E-state index in [1.54, 1.807) is 27.8 Å². The van der Waals surface area contributed by atoms with Gasteiger partial charge in [0.15, 0.2) is 5.82 Å². The number of anilines is 1. The third-order valence-electron chi connectivity index (χ3n) is 6.37. The molecule has 0 atom stereocenters. The van der Waals surface area contributed by atoms with Crippen LogP contribution >= 0.6 is 0 Å². The van der Waals surface area contributed by atoms with Crippen LogP contribution in [0.1, 0.15) is 5.69 Å². The lowest BCUT2D eigenvalue weighted by atomic mass is 10.1. The maximum Gasteiger partial charge on any atom is 0.269 e. The van der Waals surface area contributed by atoms with Crippen LogP contribution in [0, 0.1) is 17.0 Å². The molecule has 188 valence electrons. The first-order valence-corrected chi connectivity index (χ1v) is 11.9. The minimum absolute atomic E-state index is 0.0410. The first-order chi connectivity index (χ1) is 17.9. The number of aromatic nitrogens is 4. The predicted octanol–water partition coefficient (Wildman–Crippen LogP) is 2.66. The molecule has 0 N–H and O–H groups in total. The van der Waals surface area contributed by atoms with Crippen molar-refractivity contribution in [2.45, 2.75) is 13.5 Å². The Balaban J connectivity index is 1.26. The van der Waals surface area contributed by atoms with E-state index in [0.29, 0.717) is 32.0 Å². The van der Waals surface area contributed by atoms with Crippen molar-refractivity contribution >= 4 is 17.3 Å². The van der Waals surface area contributed by atoms with E-state index in [4.69, 9.17) is 0 Å². The number of aryl methyl sites for hydroxylation is 1.